The maximum Gasteiger partial charge on any atom is 0.244 e. The second-order valence-electron chi connectivity index (χ2n) is 4.02. The highest BCUT2D eigenvalue weighted by molar-refractivity contribution is 7.89. The zero-order chi connectivity index (χ0) is 12.3. The van der Waals surface area contributed by atoms with Crippen molar-refractivity contribution in [2.24, 2.45) is 0 Å². The number of rotatable bonds is 4. The molecule has 17 heavy (non-hydrogen) atoms. The first-order valence-electron chi connectivity index (χ1n) is 5.61. The number of nitrogens with zero attached hydrogens (tertiary/aromatic N) is 2. The average Bonchev–Trinajstić information content (AvgIpc) is 2.84. The van der Waals surface area contributed by atoms with Crippen molar-refractivity contribution in [3.63, 3.8) is 0 Å². The van der Waals surface area contributed by atoms with Crippen LogP contribution in [-0.2, 0) is 10.0 Å². The van der Waals surface area contributed by atoms with Gasteiger partial charge in [-0.15, -0.1) is 0 Å². The van der Waals surface area contributed by atoms with Crippen LogP contribution in [0, 0.1) is 0 Å². The van der Waals surface area contributed by atoms with Crippen LogP contribution < -0.4 is 0 Å². The van der Waals surface area contributed by atoms with E-state index in [2.05, 4.69) is 9.88 Å². The quantitative estimate of drug-likeness (QED) is 0.750. The van der Waals surface area contributed by atoms with E-state index in [0.29, 0.717) is 37.6 Å². The fourth-order valence-corrected chi connectivity index (χ4v) is 3.35. The fourth-order valence-electron chi connectivity index (χ4n) is 1.95. The molecular weight excluding hydrogens is 242 g/mol. The van der Waals surface area contributed by atoms with E-state index in [0.717, 1.165) is 0 Å². The summed E-state index contributed by atoms with van der Waals surface area (Å²) in [4.78, 5) is 5.13. The van der Waals surface area contributed by atoms with Crippen molar-refractivity contribution in [3.8, 4) is 0 Å². The number of β-amino-alcohol motifs (C(OH)–C–C–N with tert-alkyl or cyclic N) is 1. The van der Waals surface area contributed by atoms with Gasteiger partial charge in [-0.05, 0) is 6.07 Å². The van der Waals surface area contributed by atoms with Crippen molar-refractivity contribution in [1.82, 2.24) is 14.2 Å². The number of nitrogens with one attached hydrogen (secondary N) is 1. The molecule has 0 aromatic carbocycles. The highest BCUT2D eigenvalue weighted by Crippen LogP contribution is 2.16. The zero-order valence-electron chi connectivity index (χ0n) is 9.54. The van der Waals surface area contributed by atoms with Gasteiger partial charge in [0, 0.05) is 45.1 Å². The molecule has 1 fully saturated rings. The van der Waals surface area contributed by atoms with Gasteiger partial charge in [0.05, 0.1) is 11.5 Å². The molecule has 1 aromatic rings. The van der Waals surface area contributed by atoms with E-state index in [1.54, 1.807) is 12.3 Å². The fraction of sp³-hybridized carbons (Fsp3) is 0.600. The van der Waals surface area contributed by atoms with Crippen LogP contribution in [0.1, 0.15) is 0 Å². The van der Waals surface area contributed by atoms with Gasteiger partial charge in [-0.3, -0.25) is 4.90 Å². The van der Waals surface area contributed by atoms with Gasteiger partial charge in [0.1, 0.15) is 0 Å². The molecule has 0 unspecified atom stereocenters. The Morgan fingerprint density at radius 1 is 1.29 bits per heavy atom. The first kappa shape index (κ1) is 12.6. The third kappa shape index (κ3) is 2.68. The van der Waals surface area contributed by atoms with Crippen molar-refractivity contribution >= 4 is 10.0 Å². The van der Waals surface area contributed by atoms with Gasteiger partial charge in [-0.25, -0.2) is 8.42 Å². The van der Waals surface area contributed by atoms with Gasteiger partial charge >= 0.3 is 0 Å². The minimum absolute atomic E-state index is 0.116. The van der Waals surface area contributed by atoms with Crippen molar-refractivity contribution in [2.75, 3.05) is 39.3 Å². The molecule has 0 radical (unpaired) electrons. The number of piperazine rings is 1. The normalized spacial score (nSPS) is 19.6. The minimum Gasteiger partial charge on any atom is -0.395 e. The molecule has 0 atom stereocenters. The second-order valence-corrected chi connectivity index (χ2v) is 5.95. The van der Waals surface area contributed by atoms with Crippen LogP contribution in [0.15, 0.2) is 23.4 Å². The molecule has 7 heteroatoms. The summed E-state index contributed by atoms with van der Waals surface area (Å²) in [5.74, 6) is 0. The highest BCUT2D eigenvalue weighted by Gasteiger charge is 2.28. The van der Waals surface area contributed by atoms with Gasteiger partial charge in [0.2, 0.25) is 10.0 Å². The molecule has 0 saturated carbocycles. The Labute approximate surface area is 101 Å². The number of hydrogen-bond acceptors (Lipinski definition) is 4. The lowest BCUT2D eigenvalue weighted by Gasteiger charge is -2.33. The third-order valence-electron chi connectivity index (χ3n) is 2.95. The molecule has 0 bridgehead atoms. The van der Waals surface area contributed by atoms with Gasteiger partial charge < -0.3 is 10.1 Å². The Morgan fingerprint density at radius 3 is 2.53 bits per heavy atom. The first-order valence-corrected chi connectivity index (χ1v) is 7.05. The molecule has 0 amide bonds. The Morgan fingerprint density at radius 2 is 2.00 bits per heavy atom. The number of H-pyrrole nitrogens is 1. The van der Waals surface area contributed by atoms with Crippen LogP contribution in [0.4, 0.5) is 0 Å². The summed E-state index contributed by atoms with van der Waals surface area (Å²) in [5.41, 5.74) is 0. The molecule has 1 saturated heterocycles. The molecule has 2 rings (SSSR count). The predicted molar refractivity (Wildman–Crippen MR) is 63.1 cm³/mol. The lowest BCUT2D eigenvalue weighted by molar-refractivity contribution is 0.151. The second kappa shape index (κ2) is 5.18. The largest absolute Gasteiger partial charge is 0.395 e. The monoisotopic (exact) mass is 259 g/mol. The highest BCUT2D eigenvalue weighted by atomic mass is 32.2. The van der Waals surface area contributed by atoms with Gasteiger partial charge in [0.25, 0.3) is 0 Å². The number of aromatic nitrogens is 1. The molecule has 1 aromatic heterocycles. The maximum absolute atomic E-state index is 12.2. The number of aliphatic hydroxyl groups is 1. The predicted octanol–water partition coefficient (Wildman–Crippen LogP) is -0.687. The molecule has 1 aliphatic rings. The molecule has 96 valence electrons. The van der Waals surface area contributed by atoms with Crippen LogP contribution >= 0.6 is 0 Å². The van der Waals surface area contributed by atoms with E-state index < -0.39 is 10.0 Å². The van der Waals surface area contributed by atoms with Crippen LogP contribution in [0.25, 0.3) is 0 Å². The number of sulfonamides is 1. The molecular formula is C10H17N3O3S. The molecule has 0 aliphatic carbocycles. The summed E-state index contributed by atoms with van der Waals surface area (Å²) in [6, 6.07) is 1.56. The average molecular weight is 259 g/mol. The van der Waals surface area contributed by atoms with Crippen LogP contribution in [-0.4, -0.2) is 67.0 Å². The number of hydrogen-bond donors (Lipinski definition) is 2. The standard InChI is InChI=1S/C10H17N3O3S/c14-8-7-12-3-5-13(6-4-12)17(15,16)10-1-2-11-9-10/h1-2,9,11,14H,3-8H2. The molecule has 2 N–H and O–H groups in total. The van der Waals surface area contributed by atoms with Crippen molar-refractivity contribution in [2.45, 2.75) is 4.90 Å². The summed E-state index contributed by atoms with van der Waals surface area (Å²) in [6.45, 7) is 3.03. The summed E-state index contributed by atoms with van der Waals surface area (Å²) < 4.78 is 25.8. The number of aromatic amines is 1. The van der Waals surface area contributed by atoms with Crippen LogP contribution in [0.2, 0.25) is 0 Å². The summed E-state index contributed by atoms with van der Waals surface area (Å²) in [5, 5.41) is 8.82. The summed E-state index contributed by atoms with van der Waals surface area (Å²) in [7, 11) is -3.34. The Hall–Kier alpha value is -0.890. The van der Waals surface area contributed by atoms with Crippen LogP contribution in [0.3, 0.4) is 0 Å². The Bertz CT molecular complexity index is 435. The van der Waals surface area contributed by atoms with Crippen LogP contribution in [0.5, 0.6) is 0 Å². The van der Waals surface area contributed by atoms with E-state index >= 15 is 0 Å². The zero-order valence-corrected chi connectivity index (χ0v) is 10.4. The molecule has 0 spiro atoms. The maximum atomic E-state index is 12.2. The number of aliphatic hydroxyl groups excluding tert-OH is 1. The van der Waals surface area contributed by atoms with E-state index in [9.17, 15) is 8.42 Å². The SMILES string of the molecule is O=S(=O)(c1cc[nH]c1)N1CCN(CCO)CC1. The van der Waals surface area contributed by atoms with E-state index in [1.807, 2.05) is 0 Å². The third-order valence-corrected chi connectivity index (χ3v) is 4.85. The van der Waals surface area contributed by atoms with E-state index in [1.165, 1.54) is 10.5 Å². The van der Waals surface area contributed by atoms with Crippen molar-refractivity contribution in [1.29, 1.82) is 0 Å². The topological polar surface area (TPSA) is 76.6 Å². The molecule has 2 heterocycles. The van der Waals surface area contributed by atoms with E-state index in [4.69, 9.17) is 5.11 Å². The summed E-state index contributed by atoms with van der Waals surface area (Å²) >= 11 is 0. The lowest BCUT2D eigenvalue weighted by atomic mass is 10.4. The lowest BCUT2D eigenvalue weighted by Crippen LogP contribution is -2.49. The van der Waals surface area contributed by atoms with Crippen molar-refractivity contribution in [3.05, 3.63) is 18.5 Å². The van der Waals surface area contributed by atoms with Crippen molar-refractivity contribution < 1.29 is 13.5 Å². The summed E-state index contributed by atoms with van der Waals surface area (Å²) in [6.07, 6.45) is 3.10. The Kier molecular flexibility index (Phi) is 3.82. The van der Waals surface area contributed by atoms with Gasteiger partial charge in [0.15, 0.2) is 0 Å². The van der Waals surface area contributed by atoms with Gasteiger partial charge in [-0.2, -0.15) is 4.31 Å². The van der Waals surface area contributed by atoms with E-state index in [-0.39, 0.29) is 6.61 Å². The molecule has 6 nitrogen and oxygen atoms in total. The first-order chi connectivity index (χ1) is 8.14. The van der Waals surface area contributed by atoms with Gasteiger partial charge in [-0.1, -0.05) is 0 Å². The Balaban J connectivity index is 2.01. The minimum atomic E-state index is -3.34. The smallest absolute Gasteiger partial charge is 0.244 e. The molecule has 1 aliphatic heterocycles.